The summed E-state index contributed by atoms with van der Waals surface area (Å²) in [5, 5.41) is 20.7. The number of furan rings is 1. The first-order valence-corrected chi connectivity index (χ1v) is 8.34. The Morgan fingerprint density at radius 2 is 2.48 bits per heavy atom. The summed E-state index contributed by atoms with van der Waals surface area (Å²) >= 11 is 1.29. The molecule has 2 aromatic rings. The van der Waals surface area contributed by atoms with E-state index < -0.39 is 5.54 Å². The summed E-state index contributed by atoms with van der Waals surface area (Å²) in [6.45, 7) is 2.30. The molecule has 0 aromatic carbocycles. The summed E-state index contributed by atoms with van der Waals surface area (Å²) < 4.78 is 7.12. The summed E-state index contributed by atoms with van der Waals surface area (Å²) in [6, 6.07) is 5.91. The van der Waals surface area contributed by atoms with Crippen molar-refractivity contribution in [3.05, 3.63) is 30.5 Å². The molecule has 3 rings (SSSR count). The largest absolute Gasteiger partial charge is 0.467 e. The number of nitriles is 1. The average molecular weight is 331 g/mol. The Kier molecular flexibility index (Phi) is 4.39. The lowest BCUT2D eigenvalue weighted by molar-refractivity contribution is -0.119. The fourth-order valence-corrected chi connectivity index (χ4v) is 3.09. The maximum Gasteiger partial charge on any atom is 0.231 e. The van der Waals surface area contributed by atoms with E-state index in [2.05, 4.69) is 21.6 Å². The second-order valence-corrected chi connectivity index (χ2v) is 6.69. The van der Waals surface area contributed by atoms with Crippen molar-refractivity contribution in [1.82, 2.24) is 20.1 Å². The first-order valence-electron chi connectivity index (χ1n) is 7.36. The minimum atomic E-state index is -0.764. The van der Waals surface area contributed by atoms with E-state index >= 15 is 0 Å². The van der Waals surface area contributed by atoms with E-state index in [-0.39, 0.29) is 17.6 Å². The number of amides is 1. The van der Waals surface area contributed by atoms with Crippen LogP contribution in [0.15, 0.2) is 34.3 Å². The lowest BCUT2D eigenvalue weighted by Gasteiger charge is -2.22. The molecule has 0 aliphatic heterocycles. The molecule has 1 atom stereocenters. The Labute approximate surface area is 138 Å². The number of carbonyl (C=O) groups excluding carboxylic acids is 1. The van der Waals surface area contributed by atoms with Gasteiger partial charge in [-0.05, 0) is 37.8 Å². The number of thioether (sulfide) groups is 1. The van der Waals surface area contributed by atoms with Crippen LogP contribution in [0.4, 0.5) is 0 Å². The molecule has 0 radical (unpaired) electrons. The van der Waals surface area contributed by atoms with E-state index in [0.29, 0.717) is 11.7 Å². The number of carbonyl (C=O) groups is 1. The van der Waals surface area contributed by atoms with Gasteiger partial charge in [-0.2, -0.15) is 5.26 Å². The number of hydrogen-bond acceptors (Lipinski definition) is 6. The molecular weight excluding hydrogens is 314 g/mol. The van der Waals surface area contributed by atoms with Crippen LogP contribution in [0.1, 0.15) is 25.5 Å². The second-order valence-electron chi connectivity index (χ2n) is 5.75. The normalized spacial score (nSPS) is 16.5. The molecule has 2 heterocycles. The zero-order valence-electron chi connectivity index (χ0n) is 12.7. The summed E-state index contributed by atoms with van der Waals surface area (Å²) in [6.07, 6.45) is 5.21. The molecule has 7 nitrogen and oxygen atoms in total. The number of nitrogens with zero attached hydrogens (tertiary/aromatic N) is 4. The highest BCUT2D eigenvalue weighted by molar-refractivity contribution is 7.99. The van der Waals surface area contributed by atoms with Crippen molar-refractivity contribution in [3.8, 4) is 6.07 Å². The highest BCUT2D eigenvalue weighted by Gasteiger charge is 2.42. The number of nitrogens with one attached hydrogen (secondary N) is 1. The van der Waals surface area contributed by atoms with Crippen molar-refractivity contribution in [2.24, 2.45) is 5.92 Å². The van der Waals surface area contributed by atoms with Crippen molar-refractivity contribution >= 4 is 17.7 Å². The third kappa shape index (κ3) is 3.74. The van der Waals surface area contributed by atoms with Crippen LogP contribution in [0.3, 0.4) is 0 Å². The molecule has 1 aliphatic rings. The summed E-state index contributed by atoms with van der Waals surface area (Å²) in [5.41, 5.74) is -0.764. The molecule has 1 amide bonds. The Hall–Kier alpha value is -2.27. The van der Waals surface area contributed by atoms with Crippen LogP contribution in [0.25, 0.3) is 0 Å². The Balaban J connectivity index is 1.55. The maximum atomic E-state index is 12.1. The lowest BCUT2D eigenvalue weighted by atomic mass is 9.98. The minimum Gasteiger partial charge on any atom is -0.467 e. The van der Waals surface area contributed by atoms with E-state index in [1.165, 1.54) is 11.8 Å². The molecule has 2 aromatic heterocycles. The number of aromatic nitrogens is 3. The van der Waals surface area contributed by atoms with Gasteiger partial charge in [0, 0.05) is 0 Å². The first kappa shape index (κ1) is 15.6. The topological polar surface area (TPSA) is 96.7 Å². The maximum absolute atomic E-state index is 12.1. The van der Waals surface area contributed by atoms with Crippen molar-refractivity contribution in [2.75, 3.05) is 5.75 Å². The van der Waals surface area contributed by atoms with Crippen LogP contribution in [-0.4, -0.2) is 32.0 Å². The predicted octanol–water partition coefficient (Wildman–Crippen LogP) is 1.82. The molecule has 23 heavy (non-hydrogen) atoms. The van der Waals surface area contributed by atoms with E-state index in [0.717, 1.165) is 18.6 Å². The third-order valence-electron chi connectivity index (χ3n) is 3.84. The van der Waals surface area contributed by atoms with Gasteiger partial charge in [0.25, 0.3) is 0 Å². The second kappa shape index (κ2) is 6.46. The van der Waals surface area contributed by atoms with Gasteiger partial charge in [-0.3, -0.25) is 4.79 Å². The standard InChI is InChI=1S/C15H17N5O2S/c1-15(9-16,11-4-5-11)18-13(21)8-23-14-19-17-10-20(14)7-12-3-2-6-22-12/h2-3,6,10-11H,4-5,7-8H2,1H3,(H,18,21). The lowest BCUT2D eigenvalue weighted by Crippen LogP contribution is -2.47. The third-order valence-corrected chi connectivity index (χ3v) is 4.82. The molecule has 8 heteroatoms. The highest BCUT2D eigenvalue weighted by Crippen LogP contribution is 2.39. The highest BCUT2D eigenvalue weighted by atomic mass is 32.2. The van der Waals surface area contributed by atoms with Gasteiger partial charge >= 0.3 is 0 Å². The molecule has 1 saturated carbocycles. The van der Waals surface area contributed by atoms with E-state index in [1.54, 1.807) is 19.5 Å². The van der Waals surface area contributed by atoms with Gasteiger partial charge in [0.15, 0.2) is 5.16 Å². The predicted molar refractivity (Wildman–Crippen MR) is 83.4 cm³/mol. The molecule has 1 unspecified atom stereocenters. The van der Waals surface area contributed by atoms with E-state index in [4.69, 9.17) is 4.42 Å². The summed E-state index contributed by atoms with van der Waals surface area (Å²) in [4.78, 5) is 12.1. The van der Waals surface area contributed by atoms with E-state index in [9.17, 15) is 10.1 Å². The van der Waals surface area contributed by atoms with Crippen molar-refractivity contribution in [2.45, 2.75) is 37.0 Å². The van der Waals surface area contributed by atoms with Crippen LogP contribution < -0.4 is 5.32 Å². The molecular formula is C15H17N5O2S. The molecule has 1 N–H and O–H groups in total. The Morgan fingerprint density at radius 1 is 1.65 bits per heavy atom. The molecule has 1 aliphatic carbocycles. The molecule has 120 valence electrons. The van der Waals surface area contributed by atoms with Gasteiger partial charge < -0.3 is 14.3 Å². The fraction of sp³-hybridized carbons (Fsp3) is 0.467. The van der Waals surface area contributed by atoms with Crippen LogP contribution in [0.5, 0.6) is 0 Å². The van der Waals surface area contributed by atoms with Crippen LogP contribution in [-0.2, 0) is 11.3 Å². The fourth-order valence-electron chi connectivity index (χ4n) is 2.37. The molecule has 1 fully saturated rings. The van der Waals surface area contributed by atoms with Crippen LogP contribution >= 0.6 is 11.8 Å². The first-order chi connectivity index (χ1) is 11.1. The molecule has 0 bridgehead atoms. The monoisotopic (exact) mass is 331 g/mol. The molecule has 0 spiro atoms. The summed E-state index contributed by atoms with van der Waals surface area (Å²) in [5.74, 6) is 1.09. The molecule has 0 saturated heterocycles. The quantitative estimate of drug-likeness (QED) is 0.777. The van der Waals surface area contributed by atoms with Gasteiger partial charge in [-0.15, -0.1) is 10.2 Å². The minimum absolute atomic E-state index is 0.168. The van der Waals surface area contributed by atoms with Crippen LogP contribution in [0, 0.1) is 17.2 Å². The zero-order chi connectivity index (χ0) is 16.3. The SMILES string of the molecule is CC(C#N)(NC(=O)CSc1nncn1Cc1ccco1)C1CC1. The van der Waals surface area contributed by atoms with Gasteiger partial charge in [0.05, 0.1) is 24.6 Å². The average Bonchev–Trinajstić information content (AvgIpc) is 3.12. The Bertz CT molecular complexity index is 717. The smallest absolute Gasteiger partial charge is 0.231 e. The van der Waals surface area contributed by atoms with Crippen molar-refractivity contribution in [3.63, 3.8) is 0 Å². The number of hydrogen-bond donors (Lipinski definition) is 1. The Morgan fingerprint density at radius 3 is 3.13 bits per heavy atom. The van der Waals surface area contributed by atoms with Gasteiger partial charge in [0.2, 0.25) is 5.91 Å². The number of rotatable bonds is 7. The van der Waals surface area contributed by atoms with Gasteiger partial charge in [0.1, 0.15) is 17.6 Å². The zero-order valence-corrected chi connectivity index (χ0v) is 13.5. The van der Waals surface area contributed by atoms with Crippen LogP contribution in [0.2, 0.25) is 0 Å². The van der Waals surface area contributed by atoms with Gasteiger partial charge in [-0.1, -0.05) is 11.8 Å². The van der Waals surface area contributed by atoms with Crippen molar-refractivity contribution in [1.29, 1.82) is 5.26 Å². The van der Waals surface area contributed by atoms with E-state index in [1.807, 2.05) is 16.7 Å². The van der Waals surface area contributed by atoms with Gasteiger partial charge in [-0.25, -0.2) is 0 Å². The van der Waals surface area contributed by atoms with Crippen molar-refractivity contribution < 1.29 is 9.21 Å². The summed E-state index contributed by atoms with van der Waals surface area (Å²) in [7, 11) is 0.